The predicted molar refractivity (Wildman–Crippen MR) is 180 cm³/mol. The summed E-state index contributed by atoms with van der Waals surface area (Å²) < 4.78 is 24.9. The zero-order valence-corrected chi connectivity index (χ0v) is 27.6. The van der Waals surface area contributed by atoms with E-state index >= 15 is 0 Å². The van der Waals surface area contributed by atoms with Gasteiger partial charge in [-0.15, -0.1) is 0 Å². The van der Waals surface area contributed by atoms with E-state index in [0.29, 0.717) is 46.9 Å². The Hall–Kier alpha value is -5.16. The number of nitrogens with one attached hydrogen (secondary N) is 1. The zero-order chi connectivity index (χ0) is 34.3. The highest BCUT2D eigenvalue weighted by Crippen LogP contribution is 2.22. The molecule has 3 heterocycles. The maximum absolute atomic E-state index is 14.3. The summed E-state index contributed by atoms with van der Waals surface area (Å²) in [5.74, 6) is 4.66. The number of benzene rings is 2. The van der Waals surface area contributed by atoms with Crippen LogP contribution >= 0.6 is 0 Å². The second-order valence-corrected chi connectivity index (χ2v) is 13.7. The molecular formula is C35H36N6O6S. The first-order valence-electron chi connectivity index (χ1n) is 15.3. The number of hydrogen-bond donors (Lipinski definition) is 2. The largest absolute Gasteiger partial charge is 0.468 e. The Morgan fingerprint density at radius 1 is 1.06 bits per heavy atom. The van der Waals surface area contributed by atoms with E-state index in [1.807, 2.05) is 6.92 Å². The Morgan fingerprint density at radius 3 is 2.56 bits per heavy atom. The van der Waals surface area contributed by atoms with Crippen LogP contribution in [0.2, 0.25) is 0 Å². The summed E-state index contributed by atoms with van der Waals surface area (Å²) in [4.78, 5) is 44.7. The molecule has 0 unspecified atom stereocenters. The minimum atomic E-state index is -3.20. The van der Waals surface area contributed by atoms with Gasteiger partial charge in [0.2, 0.25) is 0 Å². The first-order chi connectivity index (χ1) is 23.0. The maximum atomic E-state index is 14.3. The van der Waals surface area contributed by atoms with Gasteiger partial charge in [-0.3, -0.25) is 28.9 Å². The third-order valence-corrected chi connectivity index (χ3v) is 10.1. The Morgan fingerprint density at radius 2 is 1.83 bits per heavy atom. The molecule has 0 saturated carbocycles. The third kappa shape index (κ3) is 8.40. The van der Waals surface area contributed by atoms with Crippen molar-refractivity contribution in [3.8, 4) is 11.8 Å². The molecule has 3 atom stereocenters. The van der Waals surface area contributed by atoms with Crippen molar-refractivity contribution >= 4 is 33.2 Å². The molecule has 4 aromatic rings. The lowest BCUT2D eigenvalue weighted by Gasteiger charge is -2.22. The second-order valence-electron chi connectivity index (χ2n) is 11.4. The van der Waals surface area contributed by atoms with Crippen LogP contribution in [-0.4, -0.2) is 84.9 Å². The van der Waals surface area contributed by atoms with Gasteiger partial charge in [0.05, 0.1) is 34.2 Å². The highest BCUT2D eigenvalue weighted by Gasteiger charge is 2.36. The van der Waals surface area contributed by atoms with Gasteiger partial charge in [-0.1, -0.05) is 36.1 Å². The second kappa shape index (κ2) is 15.2. The van der Waals surface area contributed by atoms with Gasteiger partial charge in [-0.05, 0) is 55.8 Å². The summed E-state index contributed by atoms with van der Waals surface area (Å²) in [6.45, 7) is 2.48. The van der Waals surface area contributed by atoms with Gasteiger partial charge in [0.1, 0.15) is 11.7 Å². The molecule has 12 nitrogen and oxygen atoms in total. The number of rotatable bonds is 9. The number of nitrogens with zero attached hydrogens (tertiary/aromatic N) is 5. The number of pyridine rings is 1. The molecule has 1 fully saturated rings. The summed E-state index contributed by atoms with van der Waals surface area (Å²) in [6, 6.07) is 18.3. The van der Waals surface area contributed by atoms with Crippen LogP contribution in [0.1, 0.15) is 50.5 Å². The first-order valence-corrected chi connectivity index (χ1v) is 17.0. The molecule has 1 saturated heterocycles. The molecule has 2 aromatic heterocycles. The smallest absolute Gasteiger partial charge is 0.323 e. The van der Waals surface area contributed by atoms with E-state index in [4.69, 9.17) is 4.74 Å². The Labute approximate surface area is 279 Å². The summed E-state index contributed by atoms with van der Waals surface area (Å²) >= 11 is 0. The zero-order valence-electron chi connectivity index (χ0n) is 26.8. The SMILES string of the molecule is COC(=O)[C@H]1C[C@H](O)CN1CCC[S@](=O)(=NC(=O)c1cncc(C#Cc2cccc(NC(=O)c3cc(C)nn3C)c2)c1)c1ccccc1. The number of aromatic nitrogens is 3. The van der Waals surface area contributed by atoms with Crippen LogP contribution < -0.4 is 5.32 Å². The minimum Gasteiger partial charge on any atom is -0.468 e. The lowest BCUT2D eigenvalue weighted by atomic mass is 10.1. The van der Waals surface area contributed by atoms with Crippen LogP contribution in [0.5, 0.6) is 0 Å². The average molecular weight is 669 g/mol. The monoisotopic (exact) mass is 668 g/mol. The van der Waals surface area contributed by atoms with Crippen molar-refractivity contribution in [2.24, 2.45) is 11.4 Å². The number of carbonyl (C=O) groups excluding carboxylic acids is 3. The molecular weight excluding hydrogens is 632 g/mol. The summed E-state index contributed by atoms with van der Waals surface area (Å²) in [7, 11) is -0.194. The summed E-state index contributed by atoms with van der Waals surface area (Å²) in [5, 5.41) is 17.2. The van der Waals surface area contributed by atoms with Crippen molar-refractivity contribution in [1.29, 1.82) is 0 Å². The molecule has 2 aromatic carbocycles. The van der Waals surface area contributed by atoms with Crippen molar-refractivity contribution in [3.05, 3.63) is 107 Å². The molecule has 5 rings (SSSR count). The van der Waals surface area contributed by atoms with Gasteiger partial charge >= 0.3 is 5.97 Å². The van der Waals surface area contributed by atoms with E-state index in [1.165, 1.54) is 24.2 Å². The number of aryl methyl sites for hydroxylation is 2. The lowest BCUT2D eigenvalue weighted by Crippen LogP contribution is -2.38. The number of esters is 1. The number of hydrogen-bond acceptors (Lipinski definition) is 9. The molecule has 1 aliphatic heterocycles. The number of amides is 2. The minimum absolute atomic E-state index is 0.0588. The number of methoxy groups -OCH3 is 1. The van der Waals surface area contributed by atoms with Gasteiger partial charge in [0.25, 0.3) is 11.8 Å². The standard InChI is InChI=1S/C35H36N6O6S/c1-24-17-31(40(2)38-24)34(44)37-28-10-7-9-25(19-28)13-14-26-18-27(22-36-21-26)33(43)39-48(46,30-11-5-4-6-12-30)16-8-15-41-23-29(42)20-32(41)35(45)47-3/h4-7,9-12,17-19,21-22,29,32,42H,8,15-16,20,23H2,1-3H3,(H,37,44)/t29-,32+,48+/m0/s1. The molecule has 0 spiro atoms. The number of ether oxygens (including phenoxy) is 1. The molecule has 248 valence electrons. The average Bonchev–Trinajstić information content (AvgIpc) is 3.63. The normalized spacial score (nSPS) is 17.1. The van der Waals surface area contributed by atoms with E-state index < -0.39 is 33.8 Å². The molecule has 2 amide bonds. The highest BCUT2D eigenvalue weighted by atomic mass is 32.2. The van der Waals surface area contributed by atoms with Crippen LogP contribution in [0.15, 0.2) is 88.4 Å². The molecule has 48 heavy (non-hydrogen) atoms. The number of aliphatic hydroxyl groups excluding tert-OH is 1. The van der Waals surface area contributed by atoms with Gasteiger partial charge in [-0.25, -0.2) is 4.21 Å². The Kier molecular flexibility index (Phi) is 10.8. The van der Waals surface area contributed by atoms with E-state index in [2.05, 4.69) is 31.6 Å². The van der Waals surface area contributed by atoms with Crippen LogP contribution in [-0.2, 0) is 26.3 Å². The van der Waals surface area contributed by atoms with E-state index in [-0.39, 0.29) is 23.6 Å². The van der Waals surface area contributed by atoms with Gasteiger partial charge in [-0.2, -0.15) is 9.46 Å². The van der Waals surface area contributed by atoms with E-state index in [1.54, 1.807) is 78.7 Å². The van der Waals surface area contributed by atoms with Crippen LogP contribution in [0.4, 0.5) is 5.69 Å². The number of anilines is 1. The van der Waals surface area contributed by atoms with Gasteiger partial charge < -0.3 is 15.2 Å². The topological polar surface area (TPSA) is 156 Å². The quantitative estimate of drug-likeness (QED) is 0.202. The van der Waals surface area contributed by atoms with Crippen molar-refractivity contribution in [2.45, 2.75) is 36.8 Å². The number of carbonyl (C=O) groups is 3. The number of aliphatic hydroxyl groups is 1. The van der Waals surface area contributed by atoms with Gasteiger partial charge in [0.15, 0.2) is 0 Å². The third-order valence-electron chi connectivity index (χ3n) is 7.75. The molecule has 1 aliphatic rings. The molecule has 0 aliphatic carbocycles. The fraction of sp³-hybridized carbons (Fsp3) is 0.286. The van der Waals surface area contributed by atoms with Crippen molar-refractivity contribution in [1.82, 2.24) is 19.7 Å². The van der Waals surface area contributed by atoms with Crippen LogP contribution in [0.3, 0.4) is 0 Å². The van der Waals surface area contributed by atoms with Crippen LogP contribution in [0.25, 0.3) is 0 Å². The van der Waals surface area contributed by atoms with Crippen molar-refractivity contribution in [3.63, 3.8) is 0 Å². The Bertz CT molecular complexity index is 2010. The molecule has 2 N–H and O–H groups in total. The lowest BCUT2D eigenvalue weighted by molar-refractivity contribution is -0.145. The number of likely N-dealkylation sites (tertiary alicyclic amines) is 1. The molecule has 0 radical (unpaired) electrons. The fourth-order valence-electron chi connectivity index (χ4n) is 5.47. The summed E-state index contributed by atoms with van der Waals surface area (Å²) in [6.07, 6.45) is 2.83. The molecule has 13 heteroatoms. The van der Waals surface area contributed by atoms with Crippen LogP contribution in [0, 0.1) is 18.8 Å². The van der Waals surface area contributed by atoms with Crippen molar-refractivity contribution in [2.75, 3.05) is 31.3 Å². The maximum Gasteiger partial charge on any atom is 0.323 e. The van der Waals surface area contributed by atoms with E-state index in [9.17, 15) is 23.7 Å². The fourth-order valence-corrected chi connectivity index (χ4v) is 7.38. The number of β-amino-alcohol motifs (C(OH)–C–C–N with tert-alkyl or cyclic N) is 1. The molecule has 0 bridgehead atoms. The van der Waals surface area contributed by atoms with Crippen molar-refractivity contribution < 1.29 is 28.4 Å². The Balaban J connectivity index is 1.32. The highest BCUT2D eigenvalue weighted by molar-refractivity contribution is 7.94. The summed E-state index contributed by atoms with van der Waals surface area (Å²) in [5.41, 5.74) is 2.93. The first kappa shape index (κ1) is 34.2. The predicted octanol–water partition coefficient (Wildman–Crippen LogP) is 3.44. The van der Waals surface area contributed by atoms with Gasteiger partial charge in [0, 0.05) is 66.4 Å². The van der Waals surface area contributed by atoms with E-state index in [0.717, 1.165) is 5.69 Å².